The molecule has 3 saturated heterocycles. The molecular weight excluding hydrogens is 561 g/mol. The quantitative estimate of drug-likeness (QED) is 0.415. The van der Waals surface area contributed by atoms with Gasteiger partial charge in [-0.1, -0.05) is 6.08 Å². The van der Waals surface area contributed by atoms with E-state index in [-0.39, 0.29) is 11.3 Å². The predicted octanol–water partition coefficient (Wildman–Crippen LogP) is 2.11. The van der Waals surface area contributed by atoms with Crippen molar-refractivity contribution >= 4 is 39.4 Å². The van der Waals surface area contributed by atoms with Gasteiger partial charge in [0.2, 0.25) is 0 Å². The summed E-state index contributed by atoms with van der Waals surface area (Å²) in [6, 6.07) is 6.16. The Kier molecular flexibility index (Phi) is 9.61. The van der Waals surface area contributed by atoms with E-state index in [9.17, 15) is 9.59 Å². The van der Waals surface area contributed by atoms with Crippen LogP contribution in [0.25, 0.3) is 0 Å². The minimum Gasteiger partial charge on any atom is -0.449 e. The van der Waals surface area contributed by atoms with Crippen LogP contribution in [0.5, 0.6) is 0 Å². The maximum Gasteiger partial charge on any atom is 0.404 e. The van der Waals surface area contributed by atoms with Crippen LogP contribution >= 0.6 is 0 Å². The Morgan fingerprint density at radius 1 is 1.31 bits per heavy atom. The third-order valence-corrected chi connectivity index (χ3v) is 10.9. The largest absolute Gasteiger partial charge is 0.449 e. The third kappa shape index (κ3) is 7.09. The van der Waals surface area contributed by atoms with E-state index in [2.05, 4.69) is 28.9 Å². The standard InChI is InChI=1S/C10H11NO.C9H16N2O2.C3H6.Pb/c1-3-8-4-6-9(7-5-8)10(12)11-2;10-8(12)13-7-9-1-4-11(5-2-9)6-3-9;1-3-2;/h4,6-7H,1,3H2,2H3,(H,11,12);1-7H2,(H2,10,12);3H,1H2,2H3;. The van der Waals surface area contributed by atoms with E-state index in [1.165, 1.54) is 16.0 Å². The topological polar surface area (TPSA) is 84.7 Å². The predicted molar refractivity (Wildman–Crippen MR) is 118 cm³/mol. The number of allylic oxidation sites excluding steroid dienone is 1. The molecule has 6 nitrogen and oxygen atoms in total. The number of piperidine rings is 3. The van der Waals surface area contributed by atoms with Crippen molar-refractivity contribution in [3.63, 3.8) is 0 Å². The summed E-state index contributed by atoms with van der Waals surface area (Å²) in [5.41, 5.74) is 7.54. The van der Waals surface area contributed by atoms with E-state index >= 15 is 0 Å². The third-order valence-electron chi connectivity index (χ3n) is 5.70. The maximum atomic E-state index is 11.3. The Balaban J connectivity index is 0.000000183. The number of hydrogen-bond donors (Lipinski definition) is 2. The number of fused-ring (bicyclic) bond motifs is 4. The minimum absolute atomic E-state index is 0.0401. The number of nitrogens with one attached hydrogen (secondary N) is 1. The van der Waals surface area contributed by atoms with Gasteiger partial charge in [-0.25, -0.2) is 4.79 Å². The Morgan fingerprint density at radius 2 is 1.93 bits per heavy atom. The van der Waals surface area contributed by atoms with E-state index in [0.717, 1.165) is 44.5 Å². The van der Waals surface area contributed by atoms with Gasteiger partial charge in [0.25, 0.3) is 0 Å². The average molecular weight is 595 g/mol. The SMILES string of the molecule is C=CC.CNC(=O)c1ccc2[c](c1)[Pb][CH2]C2.NC(=O)OCC12CCN(CC1)CC2. The number of nitrogens with two attached hydrogens (primary N) is 1. The number of ether oxygens (including phenoxy) is 1. The van der Waals surface area contributed by atoms with Crippen LogP contribution in [0.2, 0.25) is 3.98 Å². The number of rotatable bonds is 3. The van der Waals surface area contributed by atoms with E-state index in [0.29, 0.717) is 6.61 Å². The zero-order valence-corrected chi connectivity index (χ0v) is 21.5. The van der Waals surface area contributed by atoms with Gasteiger partial charge in [0, 0.05) is 5.41 Å². The molecule has 0 spiro atoms. The van der Waals surface area contributed by atoms with Crippen LogP contribution in [0.15, 0.2) is 30.9 Å². The number of carbonyl (C=O) groups is 2. The minimum atomic E-state index is -0.637. The molecule has 4 aliphatic heterocycles. The summed E-state index contributed by atoms with van der Waals surface area (Å²) in [5, 5.41) is 2.66. The molecular formula is C22H33N3O3Pb. The fraction of sp³-hybridized carbons (Fsp3) is 0.545. The van der Waals surface area contributed by atoms with Crippen molar-refractivity contribution in [2.24, 2.45) is 11.1 Å². The summed E-state index contributed by atoms with van der Waals surface area (Å²) in [6.45, 7) is 9.24. The van der Waals surface area contributed by atoms with Crippen LogP contribution in [0.1, 0.15) is 42.1 Å². The summed E-state index contributed by atoms with van der Waals surface area (Å²) in [6.07, 6.45) is 5.83. The van der Waals surface area contributed by atoms with Gasteiger partial charge < -0.3 is 15.4 Å². The molecule has 0 unspecified atom stereocenters. The Bertz CT molecular complexity index is 701. The molecule has 4 heterocycles. The molecule has 0 saturated carbocycles. The van der Waals surface area contributed by atoms with Gasteiger partial charge in [-0.05, 0) is 45.8 Å². The second-order valence-electron chi connectivity index (χ2n) is 7.74. The van der Waals surface area contributed by atoms with E-state index in [1.54, 1.807) is 16.2 Å². The van der Waals surface area contributed by atoms with Crippen molar-refractivity contribution < 1.29 is 14.3 Å². The second kappa shape index (κ2) is 11.7. The molecule has 3 fully saturated rings. The van der Waals surface area contributed by atoms with Gasteiger partial charge in [-0.3, -0.25) is 0 Å². The monoisotopic (exact) mass is 595 g/mol. The number of hydrogen-bond acceptors (Lipinski definition) is 4. The number of nitrogens with zero attached hydrogens (tertiary/aromatic N) is 1. The molecule has 2 bridgehead atoms. The van der Waals surface area contributed by atoms with Crippen LogP contribution in [-0.4, -0.2) is 74.4 Å². The Hall–Kier alpha value is -1.42. The molecule has 0 aromatic heterocycles. The molecule has 2 amide bonds. The number of primary amides is 1. The fourth-order valence-electron chi connectivity index (χ4n) is 3.91. The normalized spacial score (nSPS) is 23.4. The first-order valence-corrected chi connectivity index (χ1v) is 14.9. The van der Waals surface area contributed by atoms with Gasteiger partial charge in [0.05, 0.1) is 6.61 Å². The van der Waals surface area contributed by atoms with Crippen molar-refractivity contribution in [1.29, 1.82) is 0 Å². The van der Waals surface area contributed by atoms with E-state index < -0.39 is 30.3 Å². The van der Waals surface area contributed by atoms with Gasteiger partial charge in [0.1, 0.15) is 0 Å². The zero-order valence-electron chi connectivity index (χ0n) is 17.6. The van der Waals surface area contributed by atoms with Crippen LogP contribution < -0.4 is 14.2 Å². The van der Waals surface area contributed by atoms with Crippen molar-refractivity contribution in [2.75, 3.05) is 33.3 Å². The summed E-state index contributed by atoms with van der Waals surface area (Å²) in [4.78, 5) is 24.3. The first-order valence-electron chi connectivity index (χ1n) is 10.2. The maximum absolute atomic E-state index is 11.3. The first kappa shape index (κ1) is 23.9. The fourth-order valence-corrected chi connectivity index (χ4v) is 9.19. The van der Waals surface area contributed by atoms with Crippen molar-refractivity contribution in [2.45, 2.75) is 36.6 Å². The molecule has 0 atom stereocenters. The molecule has 1 aromatic carbocycles. The molecule has 0 aliphatic carbocycles. The summed E-state index contributed by atoms with van der Waals surface area (Å²) in [7, 11) is 1.68. The Morgan fingerprint density at radius 3 is 2.48 bits per heavy atom. The van der Waals surface area contributed by atoms with Crippen LogP contribution in [0.4, 0.5) is 4.79 Å². The summed E-state index contributed by atoms with van der Waals surface area (Å²) < 4.78 is 7.89. The van der Waals surface area contributed by atoms with Gasteiger partial charge in [0.15, 0.2) is 0 Å². The molecule has 158 valence electrons. The molecule has 7 heteroatoms. The van der Waals surface area contributed by atoms with Crippen molar-refractivity contribution in [3.05, 3.63) is 42.0 Å². The second-order valence-corrected chi connectivity index (χ2v) is 13.1. The van der Waals surface area contributed by atoms with Gasteiger partial charge >= 0.3 is 96.2 Å². The smallest absolute Gasteiger partial charge is 0.404 e. The molecule has 2 radical (unpaired) electrons. The zero-order chi connectivity index (χ0) is 21.3. The van der Waals surface area contributed by atoms with Crippen molar-refractivity contribution in [3.8, 4) is 0 Å². The number of carbonyl (C=O) groups excluding carboxylic acids is 2. The van der Waals surface area contributed by atoms with Crippen LogP contribution in [0.3, 0.4) is 0 Å². The molecule has 3 N–H and O–H groups in total. The molecule has 4 aliphatic rings. The number of aryl methyl sites for hydroxylation is 1. The summed E-state index contributed by atoms with van der Waals surface area (Å²) >= 11 is -0.519. The molecule has 29 heavy (non-hydrogen) atoms. The molecule has 1 aromatic rings. The Labute approximate surface area is 186 Å². The van der Waals surface area contributed by atoms with E-state index in [4.69, 9.17) is 10.5 Å². The molecule has 5 rings (SSSR count). The van der Waals surface area contributed by atoms with E-state index in [1.807, 2.05) is 13.0 Å². The van der Waals surface area contributed by atoms with Gasteiger partial charge in [-0.15, -0.1) is 6.58 Å². The van der Waals surface area contributed by atoms with Crippen molar-refractivity contribution in [1.82, 2.24) is 10.2 Å². The average Bonchev–Trinajstić information content (AvgIpc) is 3.22. The van der Waals surface area contributed by atoms with Crippen LogP contribution in [0, 0.1) is 5.41 Å². The van der Waals surface area contributed by atoms with Gasteiger partial charge in [-0.2, -0.15) is 0 Å². The summed E-state index contributed by atoms with van der Waals surface area (Å²) in [5.74, 6) is 0.0401. The first-order chi connectivity index (χ1) is 13.9. The number of amides is 2. The van der Waals surface area contributed by atoms with Crippen LogP contribution in [-0.2, 0) is 11.2 Å². The number of benzene rings is 1.